The molecule has 2 amide bonds. The van der Waals surface area contributed by atoms with Crippen LogP contribution in [-0.2, 0) is 0 Å². The van der Waals surface area contributed by atoms with E-state index in [0.29, 0.717) is 0 Å². The van der Waals surface area contributed by atoms with Gasteiger partial charge in [-0.15, -0.1) is 24.8 Å². The fraction of sp³-hybridized carbons (Fsp3) is 0.125. The van der Waals surface area contributed by atoms with Gasteiger partial charge in [0.25, 0.3) is 0 Å². The molecule has 1 aliphatic rings. The standard InChI is InChI=1S/C24H22N4O.2ClH/c29-24(27-21-8-2-1-3-9-21)28-22-12-10-18(11-13-22)16-19-6-5-15-26-23(19)20-7-4-14-25-17-20;;/h1-4,7-14,16-17H,5-6,15H2,(H2,27,28,29);2*1H. The fourth-order valence-corrected chi connectivity index (χ4v) is 3.28. The molecular weight excluding hydrogens is 431 g/mol. The van der Waals surface area contributed by atoms with Crippen LogP contribution in [0, 0.1) is 0 Å². The number of benzene rings is 2. The van der Waals surface area contributed by atoms with Crippen LogP contribution in [0.2, 0.25) is 0 Å². The number of amides is 2. The van der Waals surface area contributed by atoms with E-state index in [1.807, 2.05) is 72.9 Å². The van der Waals surface area contributed by atoms with Gasteiger partial charge in [0.05, 0.1) is 5.71 Å². The van der Waals surface area contributed by atoms with Crippen LogP contribution in [0.1, 0.15) is 24.0 Å². The van der Waals surface area contributed by atoms with E-state index < -0.39 is 0 Å². The van der Waals surface area contributed by atoms with Crippen molar-refractivity contribution in [3.63, 3.8) is 0 Å². The van der Waals surface area contributed by atoms with Crippen molar-refractivity contribution in [2.24, 2.45) is 4.99 Å². The van der Waals surface area contributed by atoms with Crippen LogP contribution >= 0.6 is 24.8 Å². The van der Waals surface area contributed by atoms with Crippen molar-refractivity contribution in [3.05, 3.63) is 95.8 Å². The number of anilines is 2. The van der Waals surface area contributed by atoms with Crippen molar-refractivity contribution < 1.29 is 4.79 Å². The molecule has 5 nitrogen and oxygen atoms in total. The number of aromatic nitrogens is 1. The minimum atomic E-state index is -0.263. The number of hydrogen-bond acceptors (Lipinski definition) is 3. The summed E-state index contributed by atoms with van der Waals surface area (Å²) in [6.45, 7) is 0.848. The van der Waals surface area contributed by atoms with Crippen molar-refractivity contribution in [2.45, 2.75) is 12.8 Å². The van der Waals surface area contributed by atoms with Crippen molar-refractivity contribution in [1.29, 1.82) is 0 Å². The van der Waals surface area contributed by atoms with Crippen molar-refractivity contribution in [1.82, 2.24) is 4.98 Å². The van der Waals surface area contributed by atoms with Gasteiger partial charge >= 0.3 is 6.03 Å². The average molecular weight is 455 g/mol. The molecule has 0 bridgehead atoms. The molecule has 2 N–H and O–H groups in total. The minimum Gasteiger partial charge on any atom is -0.308 e. The first kappa shape index (κ1) is 24.1. The van der Waals surface area contributed by atoms with Gasteiger partial charge in [0.2, 0.25) is 0 Å². The van der Waals surface area contributed by atoms with Gasteiger partial charge in [0.15, 0.2) is 0 Å². The molecule has 0 spiro atoms. The molecule has 3 aromatic rings. The SMILES string of the molecule is Cl.Cl.O=C(Nc1ccccc1)Nc1ccc(C=C2CCCN=C2c2cccnc2)cc1. The maximum Gasteiger partial charge on any atom is 0.323 e. The van der Waals surface area contributed by atoms with Gasteiger partial charge in [-0.2, -0.15) is 0 Å². The van der Waals surface area contributed by atoms with Crippen LogP contribution in [-0.4, -0.2) is 23.3 Å². The van der Waals surface area contributed by atoms with Crippen LogP contribution in [0.4, 0.5) is 16.2 Å². The lowest BCUT2D eigenvalue weighted by molar-refractivity contribution is 0.262. The molecule has 1 aliphatic heterocycles. The van der Waals surface area contributed by atoms with Crippen LogP contribution in [0.15, 0.2) is 89.7 Å². The molecule has 2 heterocycles. The van der Waals surface area contributed by atoms with E-state index in [1.165, 1.54) is 5.57 Å². The number of aliphatic imine (C=N–C) groups is 1. The predicted molar refractivity (Wildman–Crippen MR) is 133 cm³/mol. The number of carbonyl (C=O) groups excluding carboxylic acids is 1. The van der Waals surface area contributed by atoms with Crippen LogP contribution in [0.3, 0.4) is 0 Å². The summed E-state index contributed by atoms with van der Waals surface area (Å²) in [5, 5.41) is 5.66. The summed E-state index contributed by atoms with van der Waals surface area (Å²) < 4.78 is 0. The summed E-state index contributed by atoms with van der Waals surface area (Å²) in [6, 6.07) is 20.9. The summed E-state index contributed by atoms with van der Waals surface area (Å²) in [5.41, 5.74) is 5.86. The van der Waals surface area contributed by atoms with Gasteiger partial charge in [0, 0.05) is 35.9 Å². The highest BCUT2D eigenvalue weighted by molar-refractivity contribution is 6.15. The molecule has 0 fully saturated rings. The first-order valence-electron chi connectivity index (χ1n) is 9.67. The molecule has 31 heavy (non-hydrogen) atoms. The Balaban J connectivity index is 0.00000171. The number of carbonyl (C=O) groups is 1. The Morgan fingerprint density at radius 2 is 1.58 bits per heavy atom. The zero-order valence-corrected chi connectivity index (χ0v) is 18.5. The van der Waals surface area contributed by atoms with Crippen LogP contribution in [0.25, 0.3) is 6.08 Å². The van der Waals surface area contributed by atoms with E-state index in [1.54, 1.807) is 6.20 Å². The lowest BCUT2D eigenvalue weighted by Crippen LogP contribution is -2.19. The smallest absolute Gasteiger partial charge is 0.308 e. The second kappa shape index (κ2) is 11.9. The van der Waals surface area contributed by atoms with Gasteiger partial charge in [-0.1, -0.05) is 30.3 Å². The molecule has 0 saturated carbocycles. The molecule has 1 aromatic heterocycles. The summed E-state index contributed by atoms with van der Waals surface area (Å²) >= 11 is 0. The Labute approximate surface area is 194 Å². The van der Waals surface area contributed by atoms with Gasteiger partial charge in [-0.25, -0.2) is 4.79 Å². The predicted octanol–water partition coefficient (Wildman–Crippen LogP) is 6.24. The lowest BCUT2D eigenvalue weighted by Gasteiger charge is -2.16. The van der Waals surface area contributed by atoms with Gasteiger partial charge in [-0.05, 0) is 66.5 Å². The molecular formula is C24H24Cl2N4O. The quantitative estimate of drug-likeness (QED) is 0.489. The highest BCUT2D eigenvalue weighted by Gasteiger charge is 2.14. The maximum atomic E-state index is 12.1. The molecule has 0 unspecified atom stereocenters. The van der Waals surface area contributed by atoms with Crippen molar-refractivity contribution >= 4 is 54.0 Å². The highest BCUT2D eigenvalue weighted by Crippen LogP contribution is 2.22. The Kier molecular flexibility index (Phi) is 9.25. The second-order valence-corrected chi connectivity index (χ2v) is 6.81. The number of hydrogen-bond donors (Lipinski definition) is 2. The molecule has 2 aromatic carbocycles. The third-order valence-electron chi connectivity index (χ3n) is 4.65. The lowest BCUT2D eigenvalue weighted by atomic mass is 9.95. The van der Waals surface area contributed by atoms with Gasteiger partial charge < -0.3 is 10.6 Å². The number of para-hydroxylation sites is 1. The summed E-state index contributed by atoms with van der Waals surface area (Å²) in [5.74, 6) is 0. The minimum absolute atomic E-state index is 0. The molecule has 0 radical (unpaired) electrons. The molecule has 0 saturated heterocycles. The van der Waals surface area contributed by atoms with E-state index in [0.717, 1.165) is 47.6 Å². The number of halogens is 2. The third-order valence-corrected chi connectivity index (χ3v) is 4.65. The van der Waals surface area contributed by atoms with E-state index in [-0.39, 0.29) is 30.8 Å². The summed E-state index contributed by atoms with van der Waals surface area (Å²) in [4.78, 5) is 21.1. The Morgan fingerprint density at radius 1 is 0.871 bits per heavy atom. The van der Waals surface area contributed by atoms with E-state index in [2.05, 4.69) is 21.7 Å². The molecule has 0 atom stereocenters. The third kappa shape index (κ3) is 6.67. The highest BCUT2D eigenvalue weighted by atomic mass is 35.5. The number of nitrogens with one attached hydrogen (secondary N) is 2. The van der Waals surface area contributed by atoms with Crippen molar-refractivity contribution in [2.75, 3.05) is 17.2 Å². The van der Waals surface area contributed by atoms with Crippen LogP contribution in [0.5, 0.6) is 0 Å². The largest absolute Gasteiger partial charge is 0.323 e. The number of allylic oxidation sites excluding steroid dienone is 1. The number of nitrogens with zero attached hydrogens (tertiary/aromatic N) is 2. The normalized spacial score (nSPS) is 13.9. The second-order valence-electron chi connectivity index (χ2n) is 6.81. The molecule has 160 valence electrons. The molecule has 7 heteroatoms. The van der Waals surface area contributed by atoms with Crippen molar-refractivity contribution in [3.8, 4) is 0 Å². The Morgan fingerprint density at radius 3 is 2.26 bits per heavy atom. The number of rotatable bonds is 4. The van der Waals surface area contributed by atoms with Gasteiger partial charge in [0.1, 0.15) is 0 Å². The summed E-state index contributed by atoms with van der Waals surface area (Å²) in [6.07, 6.45) is 7.84. The monoisotopic (exact) mass is 454 g/mol. The number of urea groups is 1. The average Bonchev–Trinajstić information content (AvgIpc) is 2.77. The van der Waals surface area contributed by atoms with E-state index in [4.69, 9.17) is 4.99 Å². The first-order valence-corrected chi connectivity index (χ1v) is 9.67. The Hall–Kier alpha value is -3.15. The van der Waals surface area contributed by atoms with Gasteiger partial charge in [-0.3, -0.25) is 9.98 Å². The Bertz CT molecular complexity index is 1040. The topological polar surface area (TPSA) is 66.4 Å². The number of pyridine rings is 1. The zero-order chi connectivity index (χ0) is 19.9. The first-order chi connectivity index (χ1) is 14.3. The molecule has 4 rings (SSSR count). The maximum absolute atomic E-state index is 12.1. The summed E-state index contributed by atoms with van der Waals surface area (Å²) in [7, 11) is 0. The fourth-order valence-electron chi connectivity index (χ4n) is 3.28. The molecule has 0 aliphatic carbocycles. The van der Waals surface area contributed by atoms with Crippen LogP contribution < -0.4 is 10.6 Å². The zero-order valence-electron chi connectivity index (χ0n) is 16.8. The van der Waals surface area contributed by atoms with E-state index in [9.17, 15) is 4.79 Å². The van der Waals surface area contributed by atoms with E-state index >= 15 is 0 Å².